The number of nitrogens with one attached hydrogen (secondary N) is 1. The van der Waals surface area contributed by atoms with Crippen molar-refractivity contribution in [1.29, 1.82) is 0 Å². The van der Waals surface area contributed by atoms with Gasteiger partial charge in [-0.3, -0.25) is 4.79 Å². The minimum Gasteiger partial charge on any atom is -0.495 e. The Hall–Kier alpha value is -3.00. The molecular weight excluding hydrogens is 338 g/mol. The molecule has 0 bridgehead atoms. The molecule has 0 atom stereocenters. The van der Waals surface area contributed by atoms with Crippen molar-refractivity contribution in [3.8, 4) is 17.1 Å². The molecule has 0 aliphatic rings. The normalized spacial score (nSPS) is 10.4. The van der Waals surface area contributed by atoms with E-state index in [2.05, 4.69) is 15.5 Å². The summed E-state index contributed by atoms with van der Waals surface area (Å²) in [6.45, 7) is 0. The molecule has 2 aromatic carbocycles. The topological polar surface area (TPSA) is 95.1 Å². The molecule has 1 aromatic heterocycles. The van der Waals surface area contributed by atoms with Crippen LogP contribution in [0, 0.1) is 0 Å². The summed E-state index contributed by atoms with van der Waals surface area (Å²) in [5, 5.41) is 11.4. The number of nitrogens with two attached hydrogens (primary N) is 1. The predicted octanol–water partition coefficient (Wildman–Crippen LogP) is 2.40. The highest BCUT2D eigenvalue weighted by Gasteiger charge is 2.14. The lowest BCUT2D eigenvalue weighted by atomic mass is 10.2. The van der Waals surface area contributed by atoms with E-state index in [1.54, 1.807) is 19.2 Å². The largest absolute Gasteiger partial charge is 0.495 e. The molecule has 3 rings (SSSR count). The summed E-state index contributed by atoms with van der Waals surface area (Å²) in [6, 6.07) is 16.7. The number of thioether (sulfide) groups is 1. The number of nitrogens with zero attached hydrogens (tertiary/aromatic N) is 3. The first-order valence-corrected chi connectivity index (χ1v) is 8.49. The fraction of sp³-hybridized carbons (Fsp3) is 0.118. The number of para-hydroxylation sites is 2. The van der Waals surface area contributed by atoms with Crippen molar-refractivity contribution in [1.82, 2.24) is 14.9 Å². The second kappa shape index (κ2) is 7.71. The van der Waals surface area contributed by atoms with Crippen LogP contribution in [-0.2, 0) is 4.79 Å². The molecule has 3 N–H and O–H groups in total. The van der Waals surface area contributed by atoms with Gasteiger partial charge in [0.2, 0.25) is 11.1 Å². The van der Waals surface area contributed by atoms with Crippen LogP contribution in [0.3, 0.4) is 0 Å². The van der Waals surface area contributed by atoms with Gasteiger partial charge in [-0.1, -0.05) is 54.2 Å². The van der Waals surface area contributed by atoms with Gasteiger partial charge in [0.1, 0.15) is 5.75 Å². The Morgan fingerprint density at radius 2 is 1.88 bits per heavy atom. The van der Waals surface area contributed by atoms with Gasteiger partial charge in [-0.15, -0.1) is 10.2 Å². The van der Waals surface area contributed by atoms with Gasteiger partial charge in [-0.2, -0.15) is 0 Å². The number of ether oxygens (including phenoxy) is 1. The van der Waals surface area contributed by atoms with Gasteiger partial charge in [0.15, 0.2) is 5.82 Å². The van der Waals surface area contributed by atoms with Crippen molar-refractivity contribution < 1.29 is 9.53 Å². The highest BCUT2D eigenvalue weighted by molar-refractivity contribution is 7.99. The van der Waals surface area contributed by atoms with Gasteiger partial charge in [0.25, 0.3) is 0 Å². The van der Waals surface area contributed by atoms with E-state index in [4.69, 9.17) is 10.6 Å². The van der Waals surface area contributed by atoms with Crippen LogP contribution in [0.5, 0.6) is 5.75 Å². The number of hydrogen-bond donors (Lipinski definition) is 2. The quantitative estimate of drug-likeness (QED) is 0.521. The molecule has 0 spiro atoms. The second-order valence-corrected chi connectivity index (χ2v) is 6.02. The molecule has 7 nitrogen and oxygen atoms in total. The number of aromatic nitrogens is 3. The summed E-state index contributed by atoms with van der Waals surface area (Å²) in [4.78, 5) is 12.2. The summed E-state index contributed by atoms with van der Waals surface area (Å²) >= 11 is 1.21. The van der Waals surface area contributed by atoms with Gasteiger partial charge in [0.05, 0.1) is 18.6 Å². The minimum absolute atomic E-state index is 0.155. The third-order valence-electron chi connectivity index (χ3n) is 3.41. The summed E-state index contributed by atoms with van der Waals surface area (Å²) in [7, 11) is 1.56. The number of hydrogen-bond acceptors (Lipinski definition) is 6. The van der Waals surface area contributed by atoms with Gasteiger partial charge in [-0.05, 0) is 12.1 Å². The Morgan fingerprint density at radius 1 is 1.16 bits per heavy atom. The summed E-state index contributed by atoms with van der Waals surface area (Å²) < 4.78 is 6.60. The first-order chi connectivity index (χ1) is 12.2. The first-order valence-electron chi connectivity index (χ1n) is 7.50. The summed E-state index contributed by atoms with van der Waals surface area (Å²) in [6.07, 6.45) is 0. The predicted molar refractivity (Wildman–Crippen MR) is 98.0 cm³/mol. The monoisotopic (exact) mass is 355 g/mol. The molecule has 0 radical (unpaired) electrons. The smallest absolute Gasteiger partial charge is 0.234 e. The van der Waals surface area contributed by atoms with E-state index in [-0.39, 0.29) is 11.7 Å². The Labute approximate surface area is 149 Å². The SMILES string of the molecule is COc1ccccc1NC(=O)CSc1nnc(-c2ccccc2)n1N. The molecule has 3 aromatic rings. The molecule has 0 aliphatic carbocycles. The maximum absolute atomic E-state index is 12.2. The summed E-state index contributed by atoms with van der Waals surface area (Å²) in [5.41, 5.74) is 1.48. The molecule has 1 amide bonds. The second-order valence-electron chi connectivity index (χ2n) is 5.08. The molecular formula is C17H17N5O2S. The zero-order valence-corrected chi connectivity index (χ0v) is 14.4. The molecule has 25 heavy (non-hydrogen) atoms. The molecule has 0 fully saturated rings. The third-order valence-corrected chi connectivity index (χ3v) is 4.35. The van der Waals surface area contributed by atoms with Crippen molar-refractivity contribution in [2.75, 3.05) is 24.0 Å². The summed E-state index contributed by atoms with van der Waals surface area (Å²) in [5.74, 6) is 7.17. The Bertz CT molecular complexity index is 866. The van der Waals surface area contributed by atoms with Crippen LogP contribution >= 0.6 is 11.8 Å². The molecule has 128 valence electrons. The molecule has 0 unspecified atom stereocenters. The minimum atomic E-state index is -0.182. The molecule has 8 heteroatoms. The van der Waals surface area contributed by atoms with Crippen molar-refractivity contribution in [3.05, 3.63) is 54.6 Å². The van der Waals surface area contributed by atoms with E-state index in [9.17, 15) is 4.79 Å². The lowest BCUT2D eigenvalue weighted by molar-refractivity contribution is -0.113. The van der Waals surface area contributed by atoms with Crippen LogP contribution in [0.1, 0.15) is 0 Å². The number of anilines is 1. The van der Waals surface area contributed by atoms with Crippen LogP contribution in [0.25, 0.3) is 11.4 Å². The van der Waals surface area contributed by atoms with Crippen molar-refractivity contribution in [2.24, 2.45) is 0 Å². The average molecular weight is 355 g/mol. The van der Waals surface area contributed by atoms with Gasteiger partial charge in [0, 0.05) is 5.56 Å². The molecule has 0 saturated carbocycles. The van der Waals surface area contributed by atoms with E-state index < -0.39 is 0 Å². The Balaban J connectivity index is 1.64. The van der Waals surface area contributed by atoms with Crippen molar-refractivity contribution in [3.63, 3.8) is 0 Å². The molecule has 0 aliphatic heterocycles. The van der Waals surface area contributed by atoms with E-state index in [0.29, 0.717) is 22.4 Å². The highest BCUT2D eigenvalue weighted by Crippen LogP contribution is 2.24. The average Bonchev–Trinajstić information content (AvgIpc) is 3.02. The van der Waals surface area contributed by atoms with Crippen molar-refractivity contribution in [2.45, 2.75) is 5.16 Å². The van der Waals surface area contributed by atoms with Crippen molar-refractivity contribution >= 4 is 23.4 Å². The van der Waals surface area contributed by atoms with E-state index in [1.807, 2.05) is 42.5 Å². The zero-order valence-electron chi connectivity index (χ0n) is 13.5. The van der Waals surface area contributed by atoms with Gasteiger partial charge >= 0.3 is 0 Å². The van der Waals surface area contributed by atoms with Crippen LogP contribution in [0.4, 0.5) is 5.69 Å². The van der Waals surface area contributed by atoms with Crippen LogP contribution < -0.4 is 15.9 Å². The third kappa shape index (κ3) is 3.92. The number of rotatable bonds is 6. The number of carbonyl (C=O) groups is 1. The van der Waals surface area contributed by atoms with Crippen LogP contribution in [0.15, 0.2) is 59.8 Å². The number of nitrogen functional groups attached to an aromatic ring is 1. The van der Waals surface area contributed by atoms with Crippen LogP contribution in [0.2, 0.25) is 0 Å². The lowest BCUT2D eigenvalue weighted by Crippen LogP contribution is -2.16. The maximum atomic E-state index is 12.2. The fourth-order valence-electron chi connectivity index (χ4n) is 2.22. The Kier molecular flexibility index (Phi) is 5.20. The standard InChI is InChI=1S/C17H17N5O2S/c1-24-14-10-6-5-9-13(14)19-15(23)11-25-17-21-20-16(22(17)18)12-7-3-2-4-8-12/h2-10H,11,18H2,1H3,(H,19,23). The fourth-order valence-corrected chi connectivity index (χ4v) is 2.88. The number of carbonyl (C=O) groups excluding carboxylic acids is 1. The van der Waals surface area contributed by atoms with Crippen LogP contribution in [-0.4, -0.2) is 33.6 Å². The molecule has 0 saturated heterocycles. The lowest BCUT2D eigenvalue weighted by Gasteiger charge is -2.09. The van der Waals surface area contributed by atoms with Gasteiger partial charge in [-0.25, -0.2) is 4.68 Å². The van der Waals surface area contributed by atoms with E-state index in [1.165, 1.54) is 16.4 Å². The zero-order chi connectivity index (χ0) is 17.6. The number of amides is 1. The van der Waals surface area contributed by atoms with E-state index in [0.717, 1.165) is 5.56 Å². The molecule has 1 heterocycles. The highest BCUT2D eigenvalue weighted by atomic mass is 32.2. The Morgan fingerprint density at radius 3 is 2.64 bits per heavy atom. The van der Waals surface area contributed by atoms with E-state index >= 15 is 0 Å². The number of methoxy groups -OCH3 is 1. The maximum Gasteiger partial charge on any atom is 0.234 e. The number of benzene rings is 2. The van der Waals surface area contributed by atoms with Gasteiger partial charge < -0.3 is 15.9 Å². The first kappa shape index (κ1) is 16.8.